The number of carbonyl (C=O) groups is 2. The molecule has 2 aromatic rings. The number of ether oxygens (including phenoxy) is 4. The maximum atomic E-state index is 12.7. The molecule has 1 fully saturated rings. The molecule has 0 atom stereocenters. The molecule has 0 aromatic heterocycles. The van der Waals surface area contributed by atoms with Gasteiger partial charge in [0.15, 0.2) is 0 Å². The molecule has 220 valence electrons. The number of thioether (sulfide) groups is 3. The number of benzene rings is 2. The second-order valence-corrected chi connectivity index (χ2v) is 12.9. The number of esters is 2. The quantitative estimate of drug-likeness (QED) is 0.129. The van der Waals surface area contributed by atoms with Crippen molar-refractivity contribution in [1.82, 2.24) is 0 Å². The van der Waals surface area contributed by atoms with Gasteiger partial charge in [-0.05, 0) is 67.6 Å². The lowest BCUT2D eigenvalue weighted by Gasteiger charge is -2.25. The lowest BCUT2D eigenvalue weighted by atomic mass is 9.82. The molecule has 1 aliphatic carbocycles. The fourth-order valence-electron chi connectivity index (χ4n) is 4.16. The molecule has 0 radical (unpaired) electrons. The molecule has 2 aromatic carbocycles. The van der Waals surface area contributed by atoms with Crippen molar-refractivity contribution in [1.29, 1.82) is 0 Å². The van der Waals surface area contributed by atoms with E-state index in [2.05, 4.69) is 0 Å². The molecule has 0 heterocycles. The summed E-state index contributed by atoms with van der Waals surface area (Å²) < 4.78 is 22.0. The molecular formula is C30H40O7S3. The minimum atomic E-state index is -0.254. The Kier molecular flexibility index (Phi) is 15.8. The molecule has 3 rings (SSSR count). The molecule has 0 unspecified atom stereocenters. The van der Waals surface area contributed by atoms with Crippen LogP contribution in [-0.4, -0.2) is 72.7 Å². The summed E-state index contributed by atoms with van der Waals surface area (Å²) in [6, 6.07) is 14.8. The van der Waals surface area contributed by atoms with Gasteiger partial charge in [0, 0.05) is 41.6 Å². The van der Waals surface area contributed by atoms with Crippen molar-refractivity contribution in [3.63, 3.8) is 0 Å². The van der Waals surface area contributed by atoms with Gasteiger partial charge in [0.1, 0.15) is 17.2 Å². The Morgan fingerprint density at radius 3 is 1.77 bits per heavy atom. The molecule has 10 heteroatoms. The van der Waals surface area contributed by atoms with Gasteiger partial charge in [0.2, 0.25) is 0 Å². The first-order valence-corrected chi connectivity index (χ1v) is 17.1. The van der Waals surface area contributed by atoms with E-state index in [4.69, 9.17) is 24.1 Å². The van der Waals surface area contributed by atoms with Gasteiger partial charge >= 0.3 is 11.9 Å². The third kappa shape index (κ3) is 12.3. The lowest BCUT2D eigenvalue weighted by molar-refractivity contribution is -0.145. The zero-order valence-corrected chi connectivity index (χ0v) is 25.5. The number of carbonyl (C=O) groups excluding carboxylic acids is 2. The van der Waals surface area contributed by atoms with Crippen LogP contribution in [0.5, 0.6) is 17.2 Å². The maximum absolute atomic E-state index is 12.7. The third-order valence-corrected chi connectivity index (χ3v) is 9.55. The van der Waals surface area contributed by atoms with Gasteiger partial charge in [-0.25, -0.2) is 0 Å². The van der Waals surface area contributed by atoms with Gasteiger partial charge in [-0.1, -0.05) is 12.1 Å². The van der Waals surface area contributed by atoms with Gasteiger partial charge < -0.3 is 24.1 Å². The molecule has 1 aliphatic rings. The summed E-state index contributed by atoms with van der Waals surface area (Å²) in [5.41, 5.74) is 1.19. The normalized spacial score (nSPS) is 16.9. The van der Waals surface area contributed by atoms with Crippen molar-refractivity contribution >= 4 is 47.2 Å². The zero-order valence-electron chi connectivity index (χ0n) is 23.1. The van der Waals surface area contributed by atoms with E-state index >= 15 is 0 Å². The largest absolute Gasteiger partial charge is 0.493 e. The minimum absolute atomic E-state index is 0.209. The van der Waals surface area contributed by atoms with Crippen molar-refractivity contribution in [2.24, 2.45) is 11.8 Å². The first kappa shape index (κ1) is 32.7. The number of aliphatic hydroxyl groups is 1. The van der Waals surface area contributed by atoms with Gasteiger partial charge in [0.25, 0.3) is 0 Å². The molecule has 0 bridgehead atoms. The van der Waals surface area contributed by atoms with Crippen LogP contribution in [-0.2, 0) is 20.1 Å². The topological polar surface area (TPSA) is 91.3 Å². The average Bonchev–Trinajstić information content (AvgIpc) is 2.98. The number of aliphatic hydroxyl groups excluding tert-OH is 1. The molecule has 0 spiro atoms. The van der Waals surface area contributed by atoms with E-state index in [1.54, 1.807) is 54.9 Å². The van der Waals surface area contributed by atoms with Crippen LogP contribution in [0.25, 0.3) is 0 Å². The summed E-state index contributed by atoms with van der Waals surface area (Å²) in [5.74, 6) is 6.45. The molecular weight excluding hydrogens is 569 g/mol. The van der Waals surface area contributed by atoms with Crippen LogP contribution in [0.15, 0.2) is 48.5 Å². The molecule has 7 nitrogen and oxygen atoms in total. The van der Waals surface area contributed by atoms with Crippen molar-refractivity contribution in [3.8, 4) is 17.2 Å². The van der Waals surface area contributed by atoms with E-state index in [-0.39, 0.29) is 30.4 Å². The predicted molar refractivity (Wildman–Crippen MR) is 165 cm³/mol. The molecule has 1 N–H and O–H groups in total. The molecule has 0 amide bonds. The fourth-order valence-corrected chi connectivity index (χ4v) is 6.70. The Morgan fingerprint density at radius 2 is 1.20 bits per heavy atom. The lowest BCUT2D eigenvalue weighted by Crippen LogP contribution is -2.30. The third-order valence-electron chi connectivity index (χ3n) is 6.38. The van der Waals surface area contributed by atoms with E-state index < -0.39 is 0 Å². The average molecular weight is 609 g/mol. The Balaban J connectivity index is 1.32. The van der Waals surface area contributed by atoms with Crippen molar-refractivity contribution in [3.05, 3.63) is 54.1 Å². The van der Waals surface area contributed by atoms with Crippen LogP contribution < -0.4 is 14.2 Å². The van der Waals surface area contributed by atoms with E-state index in [1.807, 2.05) is 36.0 Å². The monoisotopic (exact) mass is 608 g/mol. The van der Waals surface area contributed by atoms with Gasteiger partial charge in [-0.3, -0.25) is 9.59 Å². The summed E-state index contributed by atoms with van der Waals surface area (Å²) in [5, 5.41) is 8.81. The van der Waals surface area contributed by atoms with Crippen LogP contribution in [0.3, 0.4) is 0 Å². The first-order valence-electron chi connectivity index (χ1n) is 13.7. The Bertz CT molecular complexity index is 912. The smallest absolute Gasteiger partial charge is 0.314 e. The highest BCUT2D eigenvalue weighted by atomic mass is 32.2. The summed E-state index contributed by atoms with van der Waals surface area (Å²) in [4.78, 5) is 25.4. The van der Waals surface area contributed by atoms with Crippen molar-refractivity contribution in [2.45, 2.75) is 31.4 Å². The molecule has 1 saturated carbocycles. The first-order chi connectivity index (χ1) is 19.6. The standard InChI is InChI=1S/C30H40O7S3/c1-34-15-18-39-19-16-35-26-10-12-28(13-11-26)37-30(33)25-6-4-24(5-7-25)29(32)36-27-8-2-23(3-9-27)22-40-21-20-38-17-14-31/h2-3,8-13,24-25,31H,4-7,14-22H2,1H3/t24-,25-. The minimum Gasteiger partial charge on any atom is -0.493 e. The van der Waals surface area contributed by atoms with Gasteiger partial charge in [0.05, 0.1) is 31.7 Å². The number of hydrogen-bond donors (Lipinski definition) is 1. The second-order valence-electron chi connectivity index (χ2n) is 9.35. The molecule has 0 aliphatic heterocycles. The number of hydrogen-bond acceptors (Lipinski definition) is 10. The number of rotatable bonds is 18. The fraction of sp³-hybridized carbons (Fsp3) is 0.533. The molecule has 0 saturated heterocycles. The Morgan fingerprint density at radius 1 is 0.700 bits per heavy atom. The van der Waals surface area contributed by atoms with E-state index in [0.29, 0.717) is 43.8 Å². The van der Waals surface area contributed by atoms with Crippen LogP contribution in [0.1, 0.15) is 31.2 Å². The SMILES string of the molecule is COCCSCCOc1ccc(OC(=O)[C@H]2CC[C@H](C(=O)Oc3ccc(CSCCSCCO)cc3)CC2)cc1. The highest BCUT2D eigenvalue weighted by Gasteiger charge is 2.32. The van der Waals surface area contributed by atoms with Crippen molar-refractivity contribution < 1.29 is 33.6 Å². The van der Waals surface area contributed by atoms with Crippen molar-refractivity contribution in [2.75, 3.05) is 55.7 Å². The van der Waals surface area contributed by atoms with Gasteiger partial charge in [-0.2, -0.15) is 35.3 Å². The number of methoxy groups -OCH3 is 1. The van der Waals surface area contributed by atoms with E-state index in [9.17, 15) is 9.59 Å². The summed E-state index contributed by atoms with van der Waals surface area (Å²) in [7, 11) is 1.69. The van der Waals surface area contributed by atoms with Crippen LogP contribution in [0.2, 0.25) is 0 Å². The zero-order chi connectivity index (χ0) is 28.4. The molecule has 40 heavy (non-hydrogen) atoms. The van der Waals surface area contributed by atoms with E-state index in [0.717, 1.165) is 46.9 Å². The van der Waals surface area contributed by atoms with E-state index in [1.165, 1.54) is 5.56 Å². The van der Waals surface area contributed by atoms with Gasteiger partial charge in [-0.15, -0.1) is 0 Å². The summed E-state index contributed by atoms with van der Waals surface area (Å²) in [6.45, 7) is 1.57. The highest BCUT2D eigenvalue weighted by molar-refractivity contribution is 8.02. The maximum Gasteiger partial charge on any atom is 0.314 e. The van der Waals surface area contributed by atoms with Crippen LogP contribution in [0, 0.1) is 11.8 Å². The highest BCUT2D eigenvalue weighted by Crippen LogP contribution is 2.32. The van der Waals surface area contributed by atoms with Crippen LogP contribution >= 0.6 is 35.3 Å². The Hall–Kier alpha value is -1.85. The summed E-state index contributed by atoms with van der Waals surface area (Å²) in [6.07, 6.45) is 2.42. The summed E-state index contributed by atoms with van der Waals surface area (Å²) >= 11 is 5.38. The predicted octanol–water partition coefficient (Wildman–Crippen LogP) is 5.72. The van der Waals surface area contributed by atoms with Crippen LogP contribution in [0.4, 0.5) is 0 Å². The Labute approximate surface area is 250 Å². The second kappa shape index (κ2) is 19.3.